The second-order valence-electron chi connectivity index (χ2n) is 7.43. The van der Waals surface area contributed by atoms with Gasteiger partial charge in [0.05, 0.1) is 29.0 Å². The van der Waals surface area contributed by atoms with Gasteiger partial charge in [-0.2, -0.15) is 0 Å². The van der Waals surface area contributed by atoms with E-state index in [-0.39, 0.29) is 42.0 Å². The third kappa shape index (κ3) is 2.24. The number of hydrogen-bond acceptors (Lipinski definition) is 7. The minimum atomic E-state index is -1.85. The van der Waals surface area contributed by atoms with E-state index in [1.54, 1.807) is 29.7 Å². The van der Waals surface area contributed by atoms with Crippen LogP contribution >= 0.6 is 0 Å². The minimum absolute atomic E-state index is 0.0961. The molecule has 0 amide bonds. The number of nitrogens with zero attached hydrogens (tertiary/aromatic N) is 2. The molecule has 29 heavy (non-hydrogen) atoms. The third-order valence-corrected chi connectivity index (χ3v) is 5.98. The molecule has 8 nitrogen and oxygen atoms in total. The highest BCUT2D eigenvalue weighted by Crippen LogP contribution is 2.39. The van der Waals surface area contributed by atoms with E-state index in [1.807, 2.05) is 6.07 Å². The summed E-state index contributed by atoms with van der Waals surface area (Å²) in [6, 6.07) is 6.81. The molecule has 2 aromatic heterocycles. The number of aromatic nitrogens is 2. The SMILES string of the molecule is CCC1(O)C(=O)OCc2c1cc1n(c2=O)Cc2cc3c(CN)c(O)ccc3nc2-1. The molecule has 2 aliphatic heterocycles. The average Bonchev–Trinajstić information content (AvgIpc) is 3.08. The van der Waals surface area contributed by atoms with Crippen molar-refractivity contribution < 1.29 is 19.7 Å². The first-order valence-corrected chi connectivity index (χ1v) is 9.40. The lowest BCUT2D eigenvalue weighted by atomic mass is 9.86. The molecule has 1 atom stereocenters. The Morgan fingerprint density at radius 2 is 2.10 bits per heavy atom. The van der Waals surface area contributed by atoms with Crippen LogP contribution in [-0.2, 0) is 34.8 Å². The molecule has 0 saturated heterocycles. The highest BCUT2D eigenvalue weighted by atomic mass is 16.6. The van der Waals surface area contributed by atoms with E-state index < -0.39 is 11.6 Å². The smallest absolute Gasteiger partial charge is 0.343 e. The van der Waals surface area contributed by atoms with Crippen LogP contribution in [0.1, 0.15) is 35.6 Å². The van der Waals surface area contributed by atoms with Gasteiger partial charge in [-0.25, -0.2) is 9.78 Å². The molecule has 0 aliphatic carbocycles. The number of cyclic esters (lactones) is 1. The zero-order chi connectivity index (χ0) is 20.5. The zero-order valence-corrected chi connectivity index (χ0v) is 15.7. The number of benzene rings is 1. The van der Waals surface area contributed by atoms with Gasteiger partial charge in [0.2, 0.25) is 0 Å². The summed E-state index contributed by atoms with van der Waals surface area (Å²) in [5, 5.41) is 21.7. The molecule has 8 heteroatoms. The normalized spacial score (nSPS) is 19.6. The topological polar surface area (TPSA) is 128 Å². The number of rotatable bonds is 2. The standard InChI is InChI=1S/C21H19N3O5/c1-2-21(28)14-6-16-18-10(8-24(16)19(26)13(14)9-29-20(21)27)5-11-12(7-22)17(25)4-3-15(11)23-18/h3-6,25,28H,2,7-9,22H2,1H3. The van der Waals surface area contributed by atoms with Crippen molar-refractivity contribution in [3.05, 3.63) is 56.9 Å². The van der Waals surface area contributed by atoms with Crippen LogP contribution in [0.4, 0.5) is 0 Å². The minimum Gasteiger partial charge on any atom is -0.508 e. The molecule has 148 valence electrons. The number of aromatic hydroxyl groups is 1. The van der Waals surface area contributed by atoms with Crippen LogP contribution in [0.25, 0.3) is 22.3 Å². The van der Waals surface area contributed by atoms with Crippen molar-refractivity contribution in [2.75, 3.05) is 0 Å². The summed E-state index contributed by atoms with van der Waals surface area (Å²) < 4.78 is 6.65. The van der Waals surface area contributed by atoms with E-state index in [4.69, 9.17) is 15.5 Å². The quantitative estimate of drug-likeness (QED) is 0.437. The summed E-state index contributed by atoms with van der Waals surface area (Å²) >= 11 is 0. The van der Waals surface area contributed by atoms with Crippen molar-refractivity contribution in [2.24, 2.45) is 5.73 Å². The molecule has 1 aromatic carbocycles. The zero-order valence-electron chi connectivity index (χ0n) is 15.7. The molecule has 5 rings (SSSR count). The van der Waals surface area contributed by atoms with Crippen LogP contribution < -0.4 is 11.3 Å². The monoisotopic (exact) mass is 393 g/mol. The summed E-state index contributed by atoms with van der Waals surface area (Å²) in [5.74, 6) is -0.641. The molecule has 0 bridgehead atoms. The van der Waals surface area contributed by atoms with Crippen molar-refractivity contribution in [1.82, 2.24) is 9.55 Å². The number of aliphatic hydroxyl groups is 1. The lowest BCUT2D eigenvalue weighted by molar-refractivity contribution is -0.172. The number of esters is 1. The van der Waals surface area contributed by atoms with Crippen LogP contribution in [0.5, 0.6) is 5.75 Å². The Hall–Kier alpha value is -3.23. The number of carbonyl (C=O) groups is 1. The first-order valence-electron chi connectivity index (χ1n) is 9.40. The van der Waals surface area contributed by atoms with Crippen LogP contribution in [0.15, 0.2) is 29.1 Å². The number of pyridine rings is 2. The molecule has 4 heterocycles. The van der Waals surface area contributed by atoms with E-state index >= 15 is 0 Å². The molecule has 1 unspecified atom stereocenters. The Morgan fingerprint density at radius 1 is 1.31 bits per heavy atom. The fraction of sp³-hybridized carbons (Fsp3) is 0.286. The van der Waals surface area contributed by atoms with Gasteiger partial charge in [0.25, 0.3) is 5.56 Å². The first-order chi connectivity index (χ1) is 13.9. The molecule has 3 aromatic rings. The largest absolute Gasteiger partial charge is 0.508 e. The van der Waals surface area contributed by atoms with Crippen LogP contribution in [0.3, 0.4) is 0 Å². The third-order valence-electron chi connectivity index (χ3n) is 5.98. The van der Waals surface area contributed by atoms with Crippen molar-refractivity contribution in [1.29, 1.82) is 0 Å². The van der Waals surface area contributed by atoms with E-state index in [9.17, 15) is 19.8 Å². The maximum atomic E-state index is 13.1. The van der Waals surface area contributed by atoms with E-state index in [0.717, 1.165) is 10.9 Å². The summed E-state index contributed by atoms with van der Waals surface area (Å²) in [6.45, 7) is 1.97. The van der Waals surface area contributed by atoms with Crippen LogP contribution in [0.2, 0.25) is 0 Å². The molecular weight excluding hydrogens is 374 g/mol. The maximum Gasteiger partial charge on any atom is 0.343 e. The van der Waals surface area contributed by atoms with E-state index in [0.29, 0.717) is 29.0 Å². The number of phenolic OH excluding ortho intramolecular Hbond substituents is 1. The Bertz CT molecular complexity index is 1280. The number of ether oxygens (including phenoxy) is 1. The van der Waals surface area contributed by atoms with Gasteiger partial charge in [0, 0.05) is 28.6 Å². The molecule has 0 fully saturated rings. The fourth-order valence-corrected chi connectivity index (χ4v) is 4.31. The van der Waals surface area contributed by atoms with Gasteiger partial charge in [0.1, 0.15) is 12.4 Å². The fourth-order valence-electron chi connectivity index (χ4n) is 4.31. The molecule has 0 saturated carbocycles. The Labute approximate surface area is 165 Å². The lowest BCUT2D eigenvalue weighted by Gasteiger charge is -2.31. The Balaban J connectivity index is 1.79. The van der Waals surface area contributed by atoms with Gasteiger partial charge >= 0.3 is 5.97 Å². The maximum absolute atomic E-state index is 13.1. The summed E-state index contributed by atoms with van der Waals surface area (Å²) in [7, 11) is 0. The van der Waals surface area contributed by atoms with Gasteiger partial charge in [-0.3, -0.25) is 4.79 Å². The van der Waals surface area contributed by atoms with Gasteiger partial charge < -0.3 is 25.3 Å². The van der Waals surface area contributed by atoms with Gasteiger partial charge in [0.15, 0.2) is 5.60 Å². The summed E-state index contributed by atoms with van der Waals surface area (Å²) in [4.78, 5) is 30.0. The molecule has 0 radical (unpaired) electrons. The predicted molar refractivity (Wildman–Crippen MR) is 104 cm³/mol. The number of fused-ring (bicyclic) bond motifs is 5. The van der Waals surface area contributed by atoms with Crippen molar-refractivity contribution in [3.8, 4) is 17.1 Å². The number of phenols is 1. The number of carbonyl (C=O) groups excluding carboxylic acids is 1. The molecule has 4 N–H and O–H groups in total. The summed E-state index contributed by atoms with van der Waals surface area (Å²) in [6.07, 6.45) is 0.0961. The Morgan fingerprint density at radius 3 is 2.83 bits per heavy atom. The van der Waals surface area contributed by atoms with E-state index in [1.165, 1.54) is 0 Å². The van der Waals surface area contributed by atoms with Crippen LogP contribution in [0, 0.1) is 0 Å². The van der Waals surface area contributed by atoms with E-state index in [2.05, 4.69) is 0 Å². The van der Waals surface area contributed by atoms with Crippen LogP contribution in [-0.4, -0.2) is 25.7 Å². The second kappa shape index (κ2) is 5.88. The number of nitrogens with two attached hydrogens (primary N) is 1. The average molecular weight is 393 g/mol. The van der Waals surface area contributed by atoms with Gasteiger partial charge in [-0.1, -0.05) is 6.92 Å². The first kappa shape index (κ1) is 17.8. The van der Waals surface area contributed by atoms with Gasteiger partial charge in [-0.15, -0.1) is 0 Å². The second-order valence-corrected chi connectivity index (χ2v) is 7.43. The van der Waals surface area contributed by atoms with Gasteiger partial charge in [-0.05, 0) is 30.7 Å². The van der Waals surface area contributed by atoms with Crippen molar-refractivity contribution in [2.45, 2.75) is 38.6 Å². The molecular formula is C21H19N3O5. The molecule has 2 aliphatic rings. The summed E-state index contributed by atoms with van der Waals surface area (Å²) in [5.41, 5.74) is 7.43. The highest BCUT2D eigenvalue weighted by molar-refractivity contribution is 5.89. The Kier molecular flexibility index (Phi) is 3.62. The van der Waals surface area contributed by atoms with Crippen molar-refractivity contribution >= 4 is 16.9 Å². The lowest BCUT2D eigenvalue weighted by Crippen LogP contribution is -2.44. The molecule has 0 spiro atoms. The number of hydrogen-bond donors (Lipinski definition) is 3. The van der Waals surface area contributed by atoms with Crippen molar-refractivity contribution in [3.63, 3.8) is 0 Å². The highest BCUT2D eigenvalue weighted by Gasteiger charge is 2.45. The predicted octanol–water partition coefficient (Wildman–Crippen LogP) is 1.24.